The van der Waals surface area contributed by atoms with Crippen molar-refractivity contribution in [2.45, 2.75) is 16.5 Å². The van der Waals surface area contributed by atoms with Gasteiger partial charge in [-0.1, -0.05) is 92.8 Å². The van der Waals surface area contributed by atoms with E-state index in [1.807, 2.05) is 17.8 Å². The Morgan fingerprint density at radius 3 is 2.53 bits per heavy atom. The number of rotatable bonds is 0. The molecule has 1 aliphatic heterocycles. The van der Waals surface area contributed by atoms with E-state index in [9.17, 15) is 0 Å². The maximum atomic E-state index is 4.93. The van der Waals surface area contributed by atoms with Crippen molar-refractivity contribution in [1.29, 1.82) is 0 Å². The Labute approximate surface area is 217 Å². The van der Waals surface area contributed by atoms with Gasteiger partial charge >= 0.3 is 37.9 Å². The standard InChI is InChI=1S/C13H9.C11H8BrS.2ClH.H2S.Zr/c1-3-7-12-10(5-1)9-11-6-2-4-8-13(11)12;12-11-9-5-7-3-1-2-4-8(7)10(9)6-13-11;;;;/h1-7H,9H2;1-6,10-11H;2*1H;1H2;/q2*-1;;;;+2/p-3. The van der Waals surface area contributed by atoms with Crippen LogP contribution in [0.1, 0.15) is 28.2 Å². The summed E-state index contributed by atoms with van der Waals surface area (Å²) in [5.74, 6) is 2.89. The molecule has 1 heterocycles. The fraction of sp³-hybridized carbons (Fsp3) is 0.125. The van der Waals surface area contributed by atoms with Crippen molar-refractivity contribution < 1.29 is 20.8 Å². The van der Waals surface area contributed by atoms with Gasteiger partial charge in [0.25, 0.3) is 0 Å². The molecule has 2 atom stereocenters. The van der Waals surface area contributed by atoms with Gasteiger partial charge in [-0.3, -0.25) is 5.75 Å². The van der Waals surface area contributed by atoms with Crippen LogP contribution >= 0.6 is 44.7 Å². The maximum Gasteiger partial charge on any atom is -0.0454 e. The molecule has 0 N–H and O–H groups in total. The number of hydrogen-bond acceptors (Lipinski definition) is 2. The topological polar surface area (TPSA) is 0 Å². The summed E-state index contributed by atoms with van der Waals surface area (Å²) in [7, 11) is 9.87. The largest absolute Gasteiger partial charge is 0.813 e. The third-order valence-corrected chi connectivity index (χ3v) is 7.34. The predicted molar refractivity (Wildman–Crippen MR) is 136 cm³/mol. The first-order valence-corrected chi connectivity index (χ1v) is 17.4. The molecule has 0 nitrogen and oxygen atoms in total. The third-order valence-electron chi connectivity index (χ3n) is 5.22. The summed E-state index contributed by atoms with van der Waals surface area (Å²) < 4.78 is 0.491. The number of thioether (sulfide) groups is 1. The summed E-state index contributed by atoms with van der Waals surface area (Å²) in [5.41, 5.74) is 9.85. The van der Waals surface area contributed by atoms with Crippen molar-refractivity contribution in [3.05, 3.63) is 106 Å². The van der Waals surface area contributed by atoms with Gasteiger partial charge in [0, 0.05) is 0 Å². The first kappa shape index (κ1) is 24.7. The Hall–Kier alpha value is 0.0431. The molecule has 6 rings (SSSR count). The molecule has 3 aromatic rings. The Bertz CT molecular complexity index is 997. The van der Waals surface area contributed by atoms with E-state index in [0.717, 1.165) is 6.42 Å². The maximum absolute atomic E-state index is 4.93. The summed E-state index contributed by atoms with van der Waals surface area (Å²) in [6.07, 6.45) is 3.39. The average Bonchev–Trinajstić information content (AvgIpc) is 3.42. The zero-order chi connectivity index (χ0) is 20.2. The van der Waals surface area contributed by atoms with Gasteiger partial charge in [0.1, 0.15) is 0 Å². The van der Waals surface area contributed by atoms with E-state index >= 15 is 0 Å². The second-order valence-corrected chi connectivity index (χ2v) is 13.1. The van der Waals surface area contributed by atoms with Gasteiger partial charge in [-0.15, -0.1) is 41.3 Å². The third kappa shape index (κ3) is 5.33. The van der Waals surface area contributed by atoms with E-state index in [-0.39, 0.29) is 13.5 Å². The average molecular weight is 613 g/mol. The monoisotopic (exact) mass is 609 g/mol. The first-order chi connectivity index (χ1) is 14.2. The van der Waals surface area contributed by atoms with Crippen LogP contribution in [0, 0.1) is 11.8 Å². The molecule has 0 amide bonds. The van der Waals surface area contributed by atoms with E-state index in [0.29, 0.717) is 10.1 Å². The van der Waals surface area contributed by atoms with Crippen LogP contribution in [0.3, 0.4) is 0 Å². The van der Waals surface area contributed by atoms with E-state index in [1.54, 1.807) is 0 Å². The smallest absolute Gasteiger partial charge is 0.0454 e. The number of thiol groups is 1. The quantitative estimate of drug-likeness (QED) is 0.0856. The van der Waals surface area contributed by atoms with E-state index in [1.165, 1.54) is 39.0 Å². The molecule has 154 valence electrons. The van der Waals surface area contributed by atoms with Gasteiger partial charge in [0.05, 0.1) is 4.16 Å². The number of hydrogen-bond donors (Lipinski definition) is 0. The van der Waals surface area contributed by atoms with Crippen molar-refractivity contribution in [3.8, 4) is 11.1 Å². The van der Waals surface area contributed by atoms with Crippen molar-refractivity contribution in [2.75, 3.05) is 0 Å². The summed E-state index contributed by atoms with van der Waals surface area (Å²) in [6, 6.07) is 26.8. The zero-order valence-electron chi connectivity index (χ0n) is 15.9. The van der Waals surface area contributed by atoms with Crippen LogP contribution in [0.2, 0.25) is 0 Å². The molecule has 0 radical (unpaired) electrons. The van der Waals surface area contributed by atoms with Crippen LogP contribution in [-0.4, -0.2) is 4.16 Å². The molecule has 2 aliphatic carbocycles. The van der Waals surface area contributed by atoms with Crippen molar-refractivity contribution in [3.63, 3.8) is 0 Å². The van der Waals surface area contributed by atoms with Crippen LogP contribution in [0.4, 0.5) is 0 Å². The minimum absolute atomic E-state index is 0. The van der Waals surface area contributed by atoms with E-state index in [2.05, 4.69) is 94.5 Å². The Morgan fingerprint density at radius 2 is 1.70 bits per heavy atom. The van der Waals surface area contributed by atoms with Crippen LogP contribution in [0.15, 0.2) is 72.3 Å². The Kier molecular flexibility index (Phi) is 9.69. The second-order valence-electron chi connectivity index (χ2n) is 6.81. The predicted octanol–water partition coefficient (Wildman–Crippen LogP) is 7.96. The number of alkyl halides is 1. The summed E-state index contributed by atoms with van der Waals surface area (Å²) in [4.78, 5) is 0. The van der Waals surface area contributed by atoms with Gasteiger partial charge in [-0.05, 0) is 12.0 Å². The molecule has 0 aromatic heterocycles. The Morgan fingerprint density at radius 1 is 1.00 bits per heavy atom. The number of benzene rings is 3. The van der Waals surface area contributed by atoms with Crippen molar-refractivity contribution in [1.82, 2.24) is 0 Å². The first-order valence-electron chi connectivity index (χ1n) is 9.20. The van der Waals surface area contributed by atoms with Crippen LogP contribution in [0.25, 0.3) is 17.2 Å². The number of halogens is 3. The summed E-state index contributed by atoms with van der Waals surface area (Å²) in [5, 5.41) is 0. The molecule has 0 bridgehead atoms. The molecule has 3 aliphatic rings. The van der Waals surface area contributed by atoms with Gasteiger partial charge < -0.3 is 25.3 Å². The number of fused-ring (bicyclic) bond motifs is 6. The van der Waals surface area contributed by atoms with Crippen LogP contribution in [0.5, 0.6) is 0 Å². The molecule has 2 unspecified atom stereocenters. The van der Waals surface area contributed by atoms with Gasteiger partial charge in [-0.25, -0.2) is 0 Å². The minimum Gasteiger partial charge on any atom is -0.813 e. The molecule has 30 heavy (non-hydrogen) atoms. The second kappa shape index (κ2) is 11.8. The van der Waals surface area contributed by atoms with Crippen LogP contribution in [-0.2, 0) is 40.8 Å². The molecular weight excluding hydrogens is 594 g/mol. The molecule has 6 heteroatoms. The van der Waals surface area contributed by atoms with Crippen molar-refractivity contribution >= 4 is 64.3 Å². The van der Waals surface area contributed by atoms with E-state index < -0.39 is 20.8 Å². The molecule has 1 fully saturated rings. The fourth-order valence-corrected chi connectivity index (χ4v) is 5.71. The molecule has 3 aromatic carbocycles. The molecule has 0 spiro atoms. The zero-order valence-corrected chi connectivity index (χ0v) is 23.1. The van der Waals surface area contributed by atoms with E-state index in [4.69, 9.17) is 17.0 Å². The summed E-state index contributed by atoms with van der Waals surface area (Å²) in [6.45, 7) is 0. The Balaban J connectivity index is 0.000000147. The van der Waals surface area contributed by atoms with Crippen molar-refractivity contribution in [2.24, 2.45) is 0 Å². The summed E-state index contributed by atoms with van der Waals surface area (Å²) >= 11 is 4.72. The molecule has 0 saturated carbocycles. The van der Waals surface area contributed by atoms with Gasteiger partial charge in [0.15, 0.2) is 0 Å². The molecule has 1 saturated heterocycles. The minimum atomic E-state index is -0.826. The SMILES string of the molecule is BrC1S[CH-]C2C1=Cc1ccccc12.[Cl][Zr][Cl].[SH-].[c-]1cccc2c1-c1ccccc1C2. The van der Waals surface area contributed by atoms with Gasteiger partial charge in [-0.2, -0.15) is 0 Å². The van der Waals surface area contributed by atoms with Gasteiger partial charge in [0.2, 0.25) is 0 Å². The molecular formula is C24H18BrCl2S2Zr-3. The normalized spacial score (nSPS) is 18.7. The van der Waals surface area contributed by atoms with Crippen LogP contribution < -0.4 is 0 Å². The fourth-order valence-electron chi connectivity index (χ4n) is 3.95.